The molecule has 0 saturated heterocycles. The number of carbonyl (C=O) groups excluding carboxylic acids is 1. The van der Waals surface area contributed by atoms with E-state index >= 15 is 0 Å². The highest BCUT2D eigenvalue weighted by Gasteiger charge is 1.96. The molecule has 1 amide bonds. The zero-order valence-corrected chi connectivity index (χ0v) is 13.6. The van der Waals surface area contributed by atoms with Crippen LogP contribution < -0.4 is 16.1 Å². The second-order valence-corrected chi connectivity index (χ2v) is 5.25. The minimum Gasteiger partial charge on any atom is -0.357 e. The molecule has 0 aromatic heterocycles. The fraction of sp³-hybridized carbons (Fsp3) is 0.118. The topological polar surface area (TPSA) is 65.5 Å². The lowest BCUT2D eigenvalue weighted by Gasteiger charge is -2.06. The number of hydrogen-bond acceptors (Lipinski definition) is 3. The zero-order valence-electron chi connectivity index (χ0n) is 12.7. The molecule has 0 bridgehead atoms. The maximum atomic E-state index is 10.9. The number of thiocarbonyl (C=S) groups is 1. The lowest BCUT2D eigenvalue weighted by atomic mass is 10.2. The van der Waals surface area contributed by atoms with Crippen LogP contribution in [0.4, 0.5) is 5.69 Å². The first-order chi connectivity index (χ1) is 11.1. The van der Waals surface area contributed by atoms with Crippen molar-refractivity contribution in [3.63, 3.8) is 0 Å². The van der Waals surface area contributed by atoms with Crippen LogP contribution in [0.1, 0.15) is 18.1 Å². The van der Waals surface area contributed by atoms with E-state index < -0.39 is 0 Å². The zero-order chi connectivity index (χ0) is 16.5. The highest BCUT2D eigenvalue weighted by molar-refractivity contribution is 7.80. The summed E-state index contributed by atoms with van der Waals surface area (Å²) in [6.07, 6.45) is 1.66. The summed E-state index contributed by atoms with van der Waals surface area (Å²) in [6.45, 7) is 2.12. The average molecular weight is 326 g/mol. The Kier molecular flexibility index (Phi) is 6.26. The highest BCUT2D eigenvalue weighted by Crippen LogP contribution is 2.07. The summed E-state index contributed by atoms with van der Waals surface area (Å²) >= 11 is 5.15. The molecule has 0 aliphatic heterocycles. The molecular formula is C17H18N4OS. The van der Waals surface area contributed by atoms with Gasteiger partial charge < -0.3 is 10.6 Å². The highest BCUT2D eigenvalue weighted by atomic mass is 32.1. The summed E-state index contributed by atoms with van der Waals surface area (Å²) < 4.78 is 0. The number of anilines is 1. The van der Waals surface area contributed by atoms with Gasteiger partial charge in [-0.25, -0.2) is 0 Å². The molecule has 2 aromatic carbocycles. The van der Waals surface area contributed by atoms with Gasteiger partial charge in [0.1, 0.15) is 0 Å². The quantitative estimate of drug-likeness (QED) is 0.449. The molecule has 0 unspecified atom stereocenters. The van der Waals surface area contributed by atoms with Crippen LogP contribution in [0.3, 0.4) is 0 Å². The van der Waals surface area contributed by atoms with E-state index in [9.17, 15) is 4.79 Å². The van der Waals surface area contributed by atoms with E-state index in [2.05, 4.69) is 21.2 Å². The first-order valence-corrected chi connectivity index (χ1v) is 7.53. The van der Waals surface area contributed by atoms with Crippen LogP contribution in [0, 0.1) is 0 Å². The van der Waals surface area contributed by atoms with Gasteiger partial charge in [0.05, 0.1) is 6.21 Å². The molecule has 5 nitrogen and oxygen atoms in total. The number of nitrogens with one attached hydrogen (secondary N) is 3. The average Bonchev–Trinajstić information content (AvgIpc) is 2.55. The molecule has 0 atom stereocenters. The van der Waals surface area contributed by atoms with Gasteiger partial charge in [-0.05, 0) is 35.5 Å². The normalized spacial score (nSPS) is 10.3. The molecule has 0 saturated carbocycles. The molecule has 3 N–H and O–H groups in total. The fourth-order valence-electron chi connectivity index (χ4n) is 1.84. The summed E-state index contributed by atoms with van der Waals surface area (Å²) in [5.41, 5.74) is 5.57. The Labute approximate surface area is 140 Å². The fourth-order valence-corrected chi connectivity index (χ4v) is 1.96. The smallest absolute Gasteiger partial charge is 0.221 e. The monoisotopic (exact) mass is 326 g/mol. The molecule has 6 heteroatoms. The van der Waals surface area contributed by atoms with E-state index in [0.29, 0.717) is 11.7 Å². The van der Waals surface area contributed by atoms with Crippen LogP contribution in [0.5, 0.6) is 0 Å². The number of carbonyl (C=O) groups is 1. The van der Waals surface area contributed by atoms with Gasteiger partial charge in [-0.15, -0.1) is 0 Å². The first-order valence-electron chi connectivity index (χ1n) is 7.12. The number of benzene rings is 2. The van der Waals surface area contributed by atoms with Gasteiger partial charge in [-0.2, -0.15) is 5.10 Å². The minimum absolute atomic E-state index is 0.0945. The molecule has 0 radical (unpaired) electrons. The number of hydrazone groups is 1. The Bertz CT molecular complexity index is 683. The summed E-state index contributed by atoms with van der Waals surface area (Å²) in [6, 6.07) is 17.3. The lowest BCUT2D eigenvalue weighted by molar-refractivity contribution is -0.114. The minimum atomic E-state index is -0.0945. The van der Waals surface area contributed by atoms with Crippen molar-refractivity contribution >= 4 is 35.1 Å². The van der Waals surface area contributed by atoms with Crippen molar-refractivity contribution in [2.75, 3.05) is 5.32 Å². The third-order valence-corrected chi connectivity index (χ3v) is 3.14. The molecule has 0 spiro atoms. The van der Waals surface area contributed by atoms with Crippen molar-refractivity contribution < 1.29 is 4.79 Å². The Morgan fingerprint density at radius 3 is 2.48 bits per heavy atom. The van der Waals surface area contributed by atoms with E-state index in [4.69, 9.17) is 12.2 Å². The van der Waals surface area contributed by atoms with Gasteiger partial charge in [0.2, 0.25) is 5.91 Å². The number of nitrogens with zero attached hydrogens (tertiary/aromatic N) is 1. The van der Waals surface area contributed by atoms with E-state index in [1.165, 1.54) is 6.92 Å². The third kappa shape index (κ3) is 6.27. The van der Waals surface area contributed by atoms with Crippen molar-refractivity contribution in [2.24, 2.45) is 5.10 Å². The maximum absolute atomic E-state index is 10.9. The van der Waals surface area contributed by atoms with Crippen molar-refractivity contribution in [1.82, 2.24) is 10.7 Å². The van der Waals surface area contributed by atoms with Crippen molar-refractivity contribution in [1.29, 1.82) is 0 Å². The third-order valence-electron chi connectivity index (χ3n) is 2.91. The SMILES string of the molecule is CC(=O)Nc1ccc(C=NNC(=S)NCc2ccccc2)cc1. The lowest BCUT2D eigenvalue weighted by Crippen LogP contribution is -2.31. The molecule has 2 rings (SSSR count). The van der Waals surface area contributed by atoms with Gasteiger partial charge in [0.15, 0.2) is 5.11 Å². The van der Waals surface area contributed by atoms with Crippen molar-refractivity contribution in [3.05, 3.63) is 65.7 Å². The summed E-state index contributed by atoms with van der Waals surface area (Å²) in [7, 11) is 0. The summed E-state index contributed by atoms with van der Waals surface area (Å²) in [4.78, 5) is 10.9. The second kappa shape index (κ2) is 8.65. The van der Waals surface area contributed by atoms with E-state index in [1.54, 1.807) is 6.21 Å². The Morgan fingerprint density at radius 2 is 1.83 bits per heavy atom. The standard InChI is InChI=1S/C17H18N4OS/c1-13(22)20-16-9-7-15(8-10-16)12-19-21-17(23)18-11-14-5-3-2-4-6-14/h2-10,12H,11H2,1H3,(H,20,22)(H2,18,21,23). The molecule has 23 heavy (non-hydrogen) atoms. The van der Waals surface area contributed by atoms with Gasteiger partial charge >= 0.3 is 0 Å². The van der Waals surface area contributed by atoms with Gasteiger partial charge in [0, 0.05) is 19.2 Å². The summed E-state index contributed by atoms with van der Waals surface area (Å²) in [5.74, 6) is -0.0945. The van der Waals surface area contributed by atoms with Crippen molar-refractivity contribution in [2.45, 2.75) is 13.5 Å². The largest absolute Gasteiger partial charge is 0.357 e. The first kappa shape index (κ1) is 16.6. The number of amides is 1. The molecule has 2 aromatic rings. The maximum Gasteiger partial charge on any atom is 0.221 e. The molecule has 0 aliphatic rings. The van der Waals surface area contributed by atoms with E-state index in [-0.39, 0.29) is 5.91 Å². The number of rotatable bonds is 5. The van der Waals surface area contributed by atoms with E-state index in [1.807, 2.05) is 54.6 Å². The Morgan fingerprint density at radius 1 is 1.13 bits per heavy atom. The van der Waals surface area contributed by atoms with Gasteiger partial charge in [-0.3, -0.25) is 10.2 Å². The van der Waals surface area contributed by atoms with Crippen LogP contribution in [0.15, 0.2) is 59.7 Å². The predicted molar refractivity (Wildman–Crippen MR) is 97.4 cm³/mol. The van der Waals surface area contributed by atoms with Crippen LogP contribution in [0.25, 0.3) is 0 Å². The number of hydrogen-bond donors (Lipinski definition) is 3. The van der Waals surface area contributed by atoms with E-state index in [0.717, 1.165) is 16.8 Å². The predicted octanol–water partition coefficient (Wildman–Crippen LogP) is 2.64. The second-order valence-electron chi connectivity index (χ2n) is 4.84. The Hall–Kier alpha value is -2.73. The van der Waals surface area contributed by atoms with Crippen LogP contribution in [-0.2, 0) is 11.3 Å². The molecule has 0 heterocycles. The Balaban J connectivity index is 1.77. The molecule has 118 valence electrons. The van der Waals surface area contributed by atoms with Crippen LogP contribution in [0.2, 0.25) is 0 Å². The molecule has 0 aliphatic carbocycles. The van der Waals surface area contributed by atoms with Gasteiger partial charge in [0.25, 0.3) is 0 Å². The summed E-state index contributed by atoms with van der Waals surface area (Å²) in [5, 5.41) is 10.3. The molecule has 0 fully saturated rings. The van der Waals surface area contributed by atoms with Crippen LogP contribution in [-0.4, -0.2) is 17.2 Å². The van der Waals surface area contributed by atoms with Crippen molar-refractivity contribution in [3.8, 4) is 0 Å². The van der Waals surface area contributed by atoms with Crippen LogP contribution >= 0.6 is 12.2 Å². The van der Waals surface area contributed by atoms with Gasteiger partial charge in [-0.1, -0.05) is 42.5 Å². The molecular weight excluding hydrogens is 308 g/mol.